The SMILES string of the molecule is CNC(=O)c1cccc(CCC(=O)NC(C(=O)O)C(C)C)c1. The number of benzene rings is 1. The lowest BCUT2D eigenvalue weighted by molar-refractivity contribution is -0.143. The van der Waals surface area contributed by atoms with E-state index in [0.717, 1.165) is 5.56 Å². The summed E-state index contributed by atoms with van der Waals surface area (Å²) in [5.41, 5.74) is 1.39. The minimum Gasteiger partial charge on any atom is -0.480 e. The van der Waals surface area contributed by atoms with Crippen LogP contribution in [0.15, 0.2) is 24.3 Å². The third kappa shape index (κ3) is 5.20. The molecule has 0 fully saturated rings. The van der Waals surface area contributed by atoms with Crippen molar-refractivity contribution in [2.75, 3.05) is 7.05 Å². The summed E-state index contributed by atoms with van der Waals surface area (Å²) < 4.78 is 0. The maximum absolute atomic E-state index is 11.9. The van der Waals surface area contributed by atoms with Crippen LogP contribution in [-0.2, 0) is 16.0 Å². The van der Waals surface area contributed by atoms with Gasteiger partial charge in [-0.2, -0.15) is 0 Å². The van der Waals surface area contributed by atoms with E-state index in [1.807, 2.05) is 6.07 Å². The monoisotopic (exact) mass is 306 g/mol. The summed E-state index contributed by atoms with van der Waals surface area (Å²) in [5, 5.41) is 14.1. The molecule has 0 aliphatic rings. The highest BCUT2D eigenvalue weighted by molar-refractivity contribution is 5.94. The van der Waals surface area contributed by atoms with Gasteiger partial charge in [0.25, 0.3) is 5.91 Å². The first-order valence-electron chi connectivity index (χ1n) is 7.18. The maximum Gasteiger partial charge on any atom is 0.326 e. The van der Waals surface area contributed by atoms with Gasteiger partial charge in [0, 0.05) is 19.0 Å². The Morgan fingerprint density at radius 3 is 2.45 bits per heavy atom. The third-order valence-electron chi connectivity index (χ3n) is 3.31. The van der Waals surface area contributed by atoms with E-state index in [9.17, 15) is 14.4 Å². The van der Waals surface area contributed by atoms with Crippen molar-refractivity contribution in [1.82, 2.24) is 10.6 Å². The Morgan fingerprint density at radius 1 is 1.23 bits per heavy atom. The zero-order valence-electron chi connectivity index (χ0n) is 13.1. The highest BCUT2D eigenvalue weighted by Gasteiger charge is 2.23. The molecule has 0 aliphatic heterocycles. The standard InChI is InChI=1S/C16H22N2O4/c1-10(2)14(16(21)22)18-13(19)8-7-11-5-4-6-12(9-11)15(20)17-3/h4-6,9-10,14H,7-8H2,1-3H3,(H,17,20)(H,18,19)(H,21,22). The maximum atomic E-state index is 11.9. The fourth-order valence-electron chi connectivity index (χ4n) is 2.03. The molecule has 0 spiro atoms. The first-order valence-corrected chi connectivity index (χ1v) is 7.18. The Kier molecular flexibility index (Phi) is 6.56. The van der Waals surface area contributed by atoms with Crippen molar-refractivity contribution in [2.24, 2.45) is 5.92 Å². The van der Waals surface area contributed by atoms with Gasteiger partial charge < -0.3 is 15.7 Å². The molecule has 120 valence electrons. The number of carbonyl (C=O) groups is 3. The van der Waals surface area contributed by atoms with Crippen molar-refractivity contribution < 1.29 is 19.5 Å². The number of hydrogen-bond acceptors (Lipinski definition) is 3. The fourth-order valence-corrected chi connectivity index (χ4v) is 2.03. The van der Waals surface area contributed by atoms with Crippen LogP contribution in [0.5, 0.6) is 0 Å². The molecule has 1 aromatic carbocycles. The molecule has 0 heterocycles. The highest BCUT2D eigenvalue weighted by Crippen LogP contribution is 2.08. The van der Waals surface area contributed by atoms with Gasteiger partial charge in [0.1, 0.15) is 6.04 Å². The van der Waals surface area contributed by atoms with Crippen molar-refractivity contribution in [2.45, 2.75) is 32.7 Å². The summed E-state index contributed by atoms with van der Waals surface area (Å²) in [6.07, 6.45) is 0.620. The van der Waals surface area contributed by atoms with Crippen LogP contribution in [0.25, 0.3) is 0 Å². The zero-order chi connectivity index (χ0) is 16.7. The second-order valence-electron chi connectivity index (χ2n) is 5.41. The predicted octanol–water partition coefficient (Wildman–Crippen LogP) is 1.20. The average Bonchev–Trinajstić information content (AvgIpc) is 2.49. The van der Waals surface area contributed by atoms with Crippen LogP contribution in [0, 0.1) is 5.92 Å². The molecule has 0 saturated carbocycles. The van der Waals surface area contributed by atoms with E-state index in [2.05, 4.69) is 10.6 Å². The minimum atomic E-state index is -1.04. The Labute approximate surface area is 129 Å². The summed E-state index contributed by atoms with van der Waals surface area (Å²) in [6, 6.07) is 6.12. The Hall–Kier alpha value is -2.37. The van der Waals surface area contributed by atoms with Gasteiger partial charge in [-0.3, -0.25) is 9.59 Å². The largest absolute Gasteiger partial charge is 0.480 e. The lowest BCUT2D eigenvalue weighted by atomic mass is 10.0. The summed E-state index contributed by atoms with van der Waals surface area (Å²) in [5.74, 6) is -1.72. The van der Waals surface area contributed by atoms with Gasteiger partial charge in [-0.15, -0.1) is 0 Å². The average molecular weight is 306 g/mol. The molecular weight excluding hydrogens is 284 g/mol. The van der Waals surface area contributed by atoms with E-state index >= 15 is 0 Å². The molecule has 0 radical (unpaired) electrons. The summed E-state index contributed by atoms with van der Waals surface area (Å²) >= 11 is 0. The van der Waals surface area contributed by atoms with Crippen molar-refractivity contribution in [3.05, 3.63) is 35.4 Å². The molecule has 1 atom stereocenters. The normalized spacial score (nSPS) is 11.8. The van der Waals surface area contributed by atoms with Crippen molar-refractivity contribution in [3.63, 3.8) is 0 Å². The second kappa shape index (κ2) is 8.17. The first-order chi connectivity index (χ1) is 10.3. The van der Waals surface area contributed by atoms with E-state index in [1.165, 1.54) is 0 Å². The molecule has 0 aromatic heterocycles. The van der Waals surface area contributed by atoms with Gasteiger partial charge in [0.05, 0.1) is 0 Å². The quantitative estimate of drug-likeness (QED) is 0.705. The summed E-state index contributed by atoms with van der Waals surface area (Å²) in [7, 11) is 1.56. The highest BCUT2D eigenvalue weighted by atomic mass is 16.4. The molecule has 0 aliphatic carbocycles. The van der Waals surface area contributed by atoms with Crippen LogP contribution in [0.1, 0.15) is 36.2 Å². The smallest absolute Gasteiger partial charge is 0.326 e. The number of aryl methyl sites for hydroxylation is 1. The second-order valence-corrected chi connectivity index (χ2v) is 5.41. The fraction of sp³-hybridized carbons (Fsp3) is 0.438. The lowest BCUT2D eigenvalue weighted by Gasteiger charge is -2.17. The Balaban J connectivity index is 2.61. The molecule has 1 unspecified atom stereocenters. The van der Waals surface area contributed by atoms with Crippen molar-refractivity contribution in [3.8, 4) is 0 Å². The number of rotatable bonds is 7. The van der Waals surface area contributed by atoms with E-state index in [4.69, 9.17) is 5.11 Å². The van der Waals surface area contributed by atoms with Gasteiger partial charge in [0.15, 0.2) is 0 Å². The number of carboxylic acid groups (broad SMARTS) is 1. The molecule has 6 nitrogen and oxygen atoms in total. The minimum absolute atomic E-state index is 0.174. The van der Waals surface area contributed by atoms with Gasteiger partial charge in [-0.25, -0.2) is 4.79 Å². The van der Waals surface area contributed by atoms with Crippen LogP contribution in [0.4, 0.5) is 0 Å². The van der Waals surface area contributed by atoms with Crippen LogP contribution >= 0.6 is 0 Å². The van der Waals surface area contributed by atoms with Gasteiger partial charge in [-0.05, 0) is 30.0 Å². The number of amides is 2. The molecule has 22 heavy (non-hydrogen) atoms. The molecule has 1 rings (SSSR count). The number of carboxylic acids is 1. The van der Waals surface area contributed by atoms with Crippen LogP contribution < -0.4 is 10.6 Å². The van der Waals surface area contributed by atoms with Crippen molar-refractivity contribution in [1.29, 1.82) is 0 Å². The molecular formula is C16H22N2O4. The zero-order valence-corrected chi connectivity index (χ0v) is 13.1. The molecule has 2 amide bonds. The Morgan fingerprint density at radius 2 is 1.91 bits per heavy atom. The first kappa shape index (κ1) is 17.7. The third-order valence-corrected chi connectivity index (χ3v) is 3.31. The number of nitrogens with one attached hydrogen (secondary N) is 2. The molecule has 1 aromatic rings. The van der Waals surface area contributed by atoms with Crippen LogP contribution in [-0.4, -0.2) is 36.0 Å². The molecule has 0 saturated heterocycles. The van der Waals surface area contributed by atoms with E-state index in [0.29, 0.717) is 12.0 Å². The number of hydrogen-bond donors (Lipinski definition) is 3. The summed E-state index contributed by atoms with van der Waals surface area (Å²) in [4.78, 5) is 34.4. The lowest BCUT2D eigenvalue weighted by Crippen LogP contribution is -2.44. The van der Waals surface area contributed by atoms with Crippen LogP contribution in [0.2, 0.25) is 0 Å². The summed E-state index contributed by atoms with van der Waals surface area (Å²) in [6.45, 7) is 3.48. The Bertz CT molecular complexity index is 555. The van der Waals surface area contributed by atoms with Crippen molar-refractivity contribution >= 4 is 17.8 Å². The van der Waals surface area contributed by atoms with E-state index in [-0.39, 0.29) is 24.2 Å². The number of carbonyl (C=O) groups excluding carboxylic acids is 2. The van der Waals surface area contributed by atoms with Gasteiger partial charge >= 0.3 is 5.97 Å². The topological polar surface area (TPSA) is 95.5 Å². The molecule has 3 N–H and O–H groups in total. The van der Waals surface area contributed by atoms with Crippen LogP contribution in [0.3, 0.4) is 0 Å². The van der Waals surface area contributed by atoms with Gasteiger partial charge in [0.2, 0.25) is 5.91 Å². The van der Waals surface area contributed by atoms with E-state index < -0.39 is 12.0 Å². The number of aliphatic carboxylic acids is 1. The van der Waals surface area contributed by atoms with E-state index in [1.54, 1.807) is 39.1 Å². The molecule has 6 heteroatoms. The predicted molar refractivity (Wildman–Crippen MR) is 82.6 cm³/mol. The molecule has 0 bridgehead atoms. The van der Waals surface area contributed by atoms with Gasteiger partial charge in [-0.1, -0.05) is 26.0 Å².